The first-order valence-electron chi connectivity index (χ1n) is 6.93. The molecule has 0 aliphatic heterocycles. The molecule has 0 spiro atoms. The summed E-state index contributed by atoms with van der Waals surface area (Å²) < 4.78 is 0. The molecule has 1 aliphatic rings. The zero-order valence-electron chi connectivity index (χ0n) is 11.7. The van der Waals surface area contributed by atoms with E-state index < -0.39 is 5.97 Å². The number of aromatic carboxylic acids is 1. The Morgan fingerprint density at radius 2 is 2.05 bits per heavy atom. The smallest absolute Gasteiger partial charge is 0.335 e. The number of pyridine rings is 1. The second kappa shape index (κ2) is 5.71. The number of benzene rings is 1. The monoisotopic (exact) mass is 288 g/mol. The number of nitriles is 1. The van der Waals surface area contributed by atoms with E-state index in [1.165, 1.54) is 18.3 Å². The van der Waals surface area contributed by atoms with E-state index in [-0.39, 0.29) is 5.56 Å². The summed E-state index contributed by atoms with van der Waals surface area (Å²) in [7, 11) is 0. The number of nitrogens with zero attached hydrogens (tertiary/aromatic N) is 2. The van der Waals surface area contributed by atoms with Crippen molar-refractivity contribution in [3.05, 3.63) is 53.2 Å². The van der Waals surface area contributed by atoms with Crippen molar-refractivity contribution in [2.75, 3.05) is 0 Å². The number of carboxylic acids is 1. The molecule has 4 nitrogen and oxygen atoms in total. The van der Waals surface area contributed by atoms with Crippen LogP contribution in [-0.4, -0.2) is 16.1 Å². The van der Waals surface area contributed by atoms with Gasteiger partial charge >= 0.3 is 5.97 Å². The second-order valence-corrected chi connectivity index (χ2v) is 5.15. The fourth-order valence-corrected chi connectivity index (χ4v) is 2.03. The molecule has 0 unspecified atom stereocenters. The number of hydrogen-bond acceptors (Lipinski definition) is 3. The third kappa shape index (κ3) is 2.97. The molecule has 0 atom stereocenters. The van der Waals surface area contributed by atoms with Crippen LogP contribution in [-0.2, 0) is 0 Å². The first kappa shape index (κ1) is 13.9. The Morgan fingerprint density at radius 1 is 1.23 bits per heavy atom. The Hall–Kier alpha value is -3.11. The van der Waals surface area contributed by atoms with Gasteiger partial charge in [0, 0.05) is 23.2 Å². The van der Waals surface area contributed by atoms with Crippen molar-refractivity contribution in [2.24, 2.45) is 5.92 Å². The van der Waals surface area contributed by atoms with Gasteiger partial charge in [-0.05, 0) is 37.1 Å². The van der Waals surface area contributed by atoms with E-state index in [9.17, 15) is 10.1 Å². The minimum Gasteiger partial charge on any atom is -0.478 e. The second-order valence-electron chi connectivity index (χ2n) is 5.15. The molecule has 0 radical (unpaired) electrons. The SMILES string of the molecule is N#Cc1cc(-c2cc(C(=O)O)ccn2)ccc1C#CC1CC1. The lowest BCUT2D eigenvalue weighted by molar-refractivity contribution is 0.0697. The van der Waals surface area contributed by atoms with Gasteiger partial charge in [-0.1, -0.05) is 17.9 Å². The van der Waals surface area contributed by atoms with E-state index in [0.717, 1.165) is 12.8 Å². The summed E-state index contributed by atoms with van der Waals surface area (Å²) in [5.41, 5.74) is 2.58. The van der Waals surface area contributed by atoms with Gasteiger partial charge in [0.05, 0.1) is 16.8 Å². The highest BCUT2D eigenvalue weighted by molar-refractivity contribution is 5.88. The number of hydrogen-bond donors (Lipinski definition) is 1. The third-order valence-corrected chi connectivity index (χ3v) is 3.43. The van der Waals surface area contributed by atoms with E-state index in [2.05, 4.69) is 22.9 Å². The molecule has 1 aromatic heterocycles. The first-order valence-corrected chi connectivity index (χ1v) is 6.93. The molecule has 1 aliphatic carbocycles. The van der Waals surface area contributed by atoms with Gasteiger partial charge < -0.3 is 5.11 Å². The lowest BCUT2D eigenvalue weighted by Crippen LogP contribution is -1.97. The summed E-state index contributed by atoms with van der Waals surface area (Å²) in [5.74, 6) is 5.65. The van der Waals surface area contributed by atoms with E-state index in [1.54, 1.807) is 12.1 Å². The van der Waals surface area contributed by atoms with Crippen molar-refractivity contribution in [3.63, 3.8) is 0 Å². The van der Waals surface area contributed by atoms with Gasteiger partial charge in [-0.25, -0.2) is 4.79 Å². The summed E-state index contributed by atoms with van der Waals surface area (Å²) in [6, 6.07) is 10.4. The molecule has 0 amide bonds. The van der Waals surface area contributed by atoms with Crippen molar-refractivity contribution >= 4 is 5.97 Å². The molecule has 1 saturated carbocycles. The maximum atomic E-state index is 11.0. The predicted octanol–water partition coefficient (Wildman–Crippen LogP) is 3.08. The van der Waals surface area contributed by atoms with Crippen LogP contribution in [0.1, 0.15) is 34.3 Å². The van der Waals surface area contributed by atoms with Crippen LogP contribution in [0.25, 0.3) is 11.3 Å². The maximum absolute atomic E-state index is 11.0. The zero-order valence-corrected chi connectivity index (χ0v) is 11.7. The van der Waals surface area contributed by atoms with Crippen LogP contribution in [0, 0.1) is 29.1 Å². The molecule has 3 rings (SSSR count). The molecule has 1 fully saturated rings. The molecule has 0 saturated heterocycles. The van der Waals surface area contributed by atoms with Crippen molar-refractivity contribution < 1.29 is 9.90 Å². The lowest BCUT2D eigenvalue weighted by Gasteiger charge is -2.04. The molecule has 2 aromatic rings. The normalized spacial score (nSPS) is 12.9. The number of carbonyl (C=O) groups is 1. The molecule has 22 heavy (non-hydrogen) atoms. The Bertz CT molecular complexity index is 849. The summed E-state index contributed by atoms with van der Waals surface area (Å²) in [5, 5.41) is 18.3. The standard InChI is InChI=1S/C18H12N2O2/c19-11-16-9-14(6-5-13(16)4-3-12-1-2-12)17-10-15(18(21)22)7-8-20-17/h5-10,12H,1-2H2,(H,21,22). The summed E-state index contributed by atoms with van der Waals surface area (Å²) in [4.78, 5) is 15.2. The number of rotatable bonds is 2. The fourth-order valence-electron chi connectivity index (χ4n) is 2.03. The molecule has 0 bridgehead atoms. The van der Waals surface area contributed by atoms with Crippen molar-refractivity contribution in [1.29, 1.82) is 5.26 Å². The number of carboxylic acid groups (broad SMARTS) is 1. The Kier molecular flexibility index (Phi) is 3.60. The van der Waals surface area contributed by atoms with Gasteiger partial charge in [-0.3, -0.25) is 4.98 Å². The van der Waals surface area contributed by atoms with E-state index in [0.29, 0.717) is 28.3 Å². The van der Waals surface area contributed by atoms with Crippen molar-refractivity contribution in [1.82, 2.24) is 4.98 Å². The van der Waals surface area contributed by atoms with Crippen LogP contribution in [0.3, 0.4) is 0 Å². The molecular weight excluding hydrogens is 276 g/mol. The average Bonchev–Trinajstić information content (AvgIpc) is 3.37. The highest BCUT2D eigenvalue weighted by atomic mass is 16.4. The van der Waals surface area contributed by atoms with Gasteiger partial charge in [-0.15, -0.1) is 0 Å². The molecule has 1 heterocycles. The van der Waals surface area contributed by atoms with E-state index in [4.69, 9.17) is 5.11 Å². The average molecular weight is 288 g/mol. The van der Waals surface area contributed by atoms with Gasteiger partial charge in [0.2, 0.25) is 0 Å². The quantitative estimate of drug-likeness (QED) is 0.862. The maximum Gasteiger partial charge on any atom is 0.335 e. The van der Waals surface area contributed by atoms with E-state index in [1.807, 2.05) is 6.07 Å². The van der Waals surface area contributed by atoms with Gasteiger partial charge in [0.15, 0.2) is 0 Å². The highest BCUT2D eigenvalue weighted by Crippen LogP contribution is 2.28. The van der Waals surface area contributed by atoms with Gasteiger partial charge in [0.1, 0.15) is 6.07 Å². The predicted molar refractivity (Wildman–Crippen MR) is 80.9 cm³/mol. The molecule has 1 aromatic carbocycles. The van der Waals surface area contributed by atoms with Crippen LogP contribution in [0.4, 0.5) is 0 Å². The Morgan fingerprint density at radius 3 is 2.73 bits per heavy atom. The van der Waals surface area contributed by atoms with Crippen molar-refractivity contribution in [2.45, 2.75) is 12.8 Å². The summed E-state index contributed by atoms with van der Waals surface area (Å²) in [6.07, 6.45) is 3.73. The first-order chi connectivity index (χ1) is 10.7. The molecule has 106 valence electrons. The highest BCUT2D eigenvalue weighted by Gasteiger charge is 2.18. The summed E-state index contributed by atoms with van der Waals surface area (Å²) >= 11 is 0. The van der Waals surface area contributed by atoms with Crippen molar-refractivity contribution in [3.8, 4) is 29.2 Å². The largest absolute Gasteiger partial charge is 0.478 e. The van der Waals surface area contributed by atoms with Crippen LogP contribution in [0.5, 0.6) is 0 Å². The molecule has 4 heteroatoms. The van der Waals surface area contributed by atoms with Crippen LogP contribution in [0.2, 0.25) is 0 Å². The lowest BCUT2D eigenvalue weighted by atomic mass is 10.0. The molecule has 1 N–H and O–H groups in total. The summed E-state index contributed by atoms with van der Waals surface area (Å²) in [6.45, 7) is 0. The Balaban J connectivity index is 1.99. The minimum absolute atomic E-state index is 0.168. The van der Waals surface area contributed by atoms with Gasteiger partial charge in [0.25, 0.3) is 0 Å². The van der Waals surface area contributed by atoms with Crippen LogP contribution >= 0.6 is 0 Å². The third-order valence-electron chi connectivity index (χ3n) is 3.43. The zero-order chi connectivity index (χ0) is 15.5. The number of aromatic nitrogens is 1. The van der Waals surface area contributed by atoms with E-state index >= 15 is 0 Å². The van der Waals surface area contributed by atoms with Crippen LogP contribution in [0.15, 0.2) is 36.5 Å². The van der Waals surface area contributed by atoms with Gasteiger partial charge in [-0.2, -0.15) is 5.26 Å². The molecular formula is C18H12N2O2. The fraction of sp³-hybridized carbons (Fsp3) is 0.167. The van der Waals surface area contributed by atoms with Crippen LogP contribution < -0.4 is 0 Å². The Labute approximate surface area is 128 Å². The topological polar surface area (TPSA) is 74.0 Å². The minimum atomic E-state index is -1.00.